The van der Waals surface area contributed by atoms with E-state index < -0.39 is 0 Å². The molecule has 2 aliphatic carbocycles. The molecule has 4 atom stereocenters. The molecule has 2 saturated carbocycles. The first-order chi connectivity index (χ1) is 7.83. The van der Waals surface area contributed by atoms with Crippen molar-refractivity contribution in [3.8, 4) is 0 Å². The molecular formula is C14H20N2. The normalized spacial score (nSPS) is 34.2. The molecule has 16 heavy (non-hydrogen) atoms. The minimum atomic E-state index is 0.465. The smallest absolute Gasteiger partial charge is 0.0295 e. The minimum Gasteiger partial charge on any atom is -0.307 e. The monoisotopic (exact) mass is 216 g/mol. The van der Waals surface area contributed by atoms with Gasteiger partial charge in [0.15, 0.2) is 0 Å². The first-order valence-corrected chi connectivity index (χ1v) is 6.49. The van der Waals surface area contributed by atoms with Gasteiger partial charge in [-0.2, -0.15) is 0 Å². The van der Waals surface area contributed by atoms with Crippen LogP contribution in [0.15, 0.2) is 24.5 Å². The third-order valence-electron chi connectivity index (χ3n) is 4.41. The highest BCUT2D eigenvalue weighted by Gasteiger charge is 2.39. The van der Waals surface area contributed by atoms with Crippen LogP contribution in [0.25, 0.3) is 0 Å². The van der Waals surface area contributed by atoms with Crippen molar-refractivity contribution < 1.29 is 0 Å². The predicted octanol–water partition coefficient (Wildman–Crippen LogP) is 2.92. The summed E-state index contributed by atoms with van der Waals surface area (Å²) in [6.07, 6.45) is 9.57. The topological polar surface area (TPSA) is 24.9 Å². The molecule has 1 N–H and O–H groups in total. The first-order valence-electron chi connectivity index (χ1n) is 6.49. The fourth-order valence-corrected chi connectivity index (χ4v) is 3.52. The van der Waals surface area contributed by atoms with Gasteiger partial charge in [-0.25, -0.2) is 0 Å². The van der Waals surface area contributed by atoms with Crippen LogP contribution in [-0.4, -0.2) is 11.0 Å². The van der Waals surface area contributed by atoms with Crippen LogP contribution < -0.4 is 5.32 Å². The quantitative estimate of drug-likeness (QED) is 0.840. The zero-order valence-electron chi connectivity index (χ0n) is 9.89. The Labute approximate surface area is 97.5 Å². The van der Waals surface area contributed by atoms with Crippen LogP contribution in [0, 0.1) is 11.8 Å². The van der Waals surface area contributed by atoms with Crippen molar-refractivity contribution in [3.63, 3.8) is 0 Å². The van der Waals surface area contributed by atoms with Gasteiger partial charge in [0.25, 0.3) is 0 Å². The number of fused-ring (bicyclic) bond motifs is 2. The van der Waals surface area contributed by atoms with Gasteiger partial charge in [-0.05, 0) is 55.7 Å². The number of hydrogen-bond donors (Lipinski definition) is 1. The second-order valence-electron chi connectivity index (χ2n) is 5.45. The van der Waals surface area contributed by atoms with Crippen molar-refractivity contribution in [1.82, 2.24) is 10.3 Å². The lowest BCUT2D eigenvalue weighted by molar-refractivity contribution is 0.327. The fourth-order valence-electron chi connectivity index (χ4n) is 3.52. The Hall–Kier alpha value is -0.890. The predicted molar refractivity (Wildman–Crippen MR) is 65.0 cm³/mol. The van der Waals surface area contributed by atoms with Crippen LogP contribution in [0.2, 0.25) is 0 Å². The Morgan fingerprint density at radius 1 is 1.25 bits per heavy atom. The van der Waals surface area contributed by atoms with Gasteiger partial charge in [-0.15, -0.1) is 0 Å². The van der Waals surface area contributed by atoms with Gasteiger partial charge in [0.1, 0.15) is 0 Å². The highest BCUT2D eigenvalue weighted by Crippen LogP contribution is 2.45. The molecular weight excluding hydrogens is 196 g/mol. The third-order valence-corrected chi connectivity index (χ3v) is 4.41. The lowest BCUT2D eigenvalue weighted by Crippen LogP contribution is -2.35. The van der Waals surface area contributed by atoms with Crippen molar-refractivity contribution in [2.75, 3.05) is 0 Å². The third kappa shape index (κ3) is 1.86. The van der Waals surface area contributed by atoms with Crippen LogP contribution >= 0.6 is 0 Å². The molecule has 86 valence electrons. The van der Waals surface area contributed by atoms with Crippen LogP contribution in [0.3, 0.4) is 0 Å². The van der Waals surface area contributed by atoms with Crippen molar-refractivity contribution in [1.29, 1.82) is 0 Å². The standard InChI is InChI=1S/C14H20N2/c1-10(12-4-6-15-7-5-12)16-14-9-11-2-3-13(14)8-11/h4-7,10-11,13-14,16H,2-3,8-9H2,1H3/t10-,11?,13?,14?/m1/s1. The molecule has 0 radical (unpaired) electrons. The zero-order valence-corrected chi connectivity index (χ0v) is 9.89. The van der Waals surface area contributed by atoms with Gasteiger partial charge in [-0.3, -0.25) is 4.98 Å². The summed E-state index contributed by atoms with van der Waals surface area (Å²) < 4.78 is 0. The molecule has 2 aliphatic rings. The van der Waals surface area contributed by atoms with E-state index in [0.717, 1.165) is 17.9 Å². The Morgan fingerprint density at radius 2 is 2.06 bits per heavy atom. The van der Waals surface area contributed by atoms with Gasteiger partial charge in [0.05, 0.1) is 0 Å². The molecule has 2 heteroatoms. The van der Waals surface area contributed by atoms with E-state index in [1.54, 1.807) is 0 Å². The Bertz CT molecular complexity index is 349. The number of rotatable bonds is 3. The Morgan fingerprint density at radius 3 is 2.69 bits per heavy atom. The number of aromatic nitrogens is 1. The highest BCUT2D eigenvalue weighted by molar-refractivity contribution is 5.14. The summed E-state index contributed by atoms with van der Waals surface area (Å²) in [7, 11) is 0. The van der Waals surface area contributed by atoms with Gasteiger partial charge in [-0.1, -0.05) is 6.42 Å². The van der Waals surface area contributed by atoms with E-state index in [-0.39, 0.29) is 0 Å². The van der Waals surface area contributed by atoms with Gasteiger partial charge < -0.3 is 5.32 Å². The van der Waals surface area contributed by atoms with Crippen molar-refractivity contribution >= 4 is 0 Å². The molecule has 2 nitrogen and oxygen atoms in total. The van der Waals surface area contributed by atoms with Gasteiger partial charge >= 0.3 is 0 Å². The summed E-state index contributed by atoms with van der Waals surface area (Å²) in [5, 5.41) is 3.80. The number of nitrogens with one attached hydrogen (secondary N) is 1. The molecule has 0 saturated heterocycles. The van der Waals surface area contributed by atoms with Crippen LogP contribution in [0.1, 0.15) is 44.2 Å². The van der Waals surface area contributed by atoms with E-state index in [4.69, 9.17) is 0 Å². The van der Waals surface area contributed by atoms with Crippen molar-refractivity contribution in [2.45, 2.75) is 44.7 Å². The van der Waals surface area contributed by atoms with E-state index in [1.807, 2.05) is 12.4 Å². The highest BCUT2D eigenvalue weighted by atomic mass is 15.0. The summed E-state index contributed by atoms with van der Waals surface area (Å²) in [4.78, 5) is 4.07. The molecule has 3 unspecified atom stereocenters. The Kier molecular flexibility index (Phi) is 2.68. The summed E-state index contributed by atoms with van der Waals surface area (Å²) in [5.74, 6) is 1.97. The molecule has 1 aromatic rings. The molecule has 2 fully saturated rings. The molecule has 1 heterocycles. The lowest BCUT2D eigenvalue weighted by atomic mass is 9.94. The number of nitrogens with zero attached hydrogens (tertiary/aromatic N) is 1. The maximum absolute atomic E-state index is 4.07. The van der Waals surface area contributed by atoms with E-state index >= 15 is 0 Å². The molecule has 0 amide bonds. The summed E-state index contributed by atoms with van der Waals surface area (Å²) in [5.41, 5.74) is 1.36. The van der Waals surface area contributed by atoms with Crippen molar-refractivity contribution in [2.24, 2.45) is 11.8 Å². The largest absolute Gasteiger partial charge is 0.307 e. The second-order valence-corrected chi connectivity index (χ2v) is 5.45. The fraction of sp³-hybridized carbons (Fsp3) is 0.643. The number of hydrogen-bond acceptors (Lipinski definition) is 2. The lowest BCUT2D eigenvalue weighted by Gasteiger charge is -2.27. The Balaban J connectivity index is 1.63. The van der Waals surface area contributed by atoms with Gasteiger partial charge in [0.2, 0.25) is 0 Å². The van der Waals surface area contributed by atoms with Crippen molar-refractivity contribution in [3.05, 3.63) is 30.1 Å². The van der Waals surface area contributed by atoms with Gasteiger partial charge in [0, 0.05) is 24.5 Å². The van der Waals surface area contributed by atoms with E-state index in [9.17, 15) is 0 Å². The average molecular weight is 216 g/mol. The minimum absolute atomic E-state index is 0.465. The molecule has 1 aromatic heterocycles. The van der Waals surface area contributed by atoms with Crippen LogP contribution in [0.4, 0.5) is 0 Å². The van der Waals surface area contributed by atoms with E-state index in [2.05, 4.69) is 29.4 Å². The molecule has 0 spiro atoms. The number of pyridine rings is 1. The summed E-state index contributed by atoms with van der Waals surface area (Å²) in [6.45, 7) is 2.27. The molecule has 3 rings (SSSR count). The molecule has 0 aliphatic heterocycles. The molecule has 2 bridgehead atoms. The zero-order chi connectivity index (χ0) is 11.0. The SMILES string of the molecule is C[C@@H](NC1CC2CCC1C2)c1ccncc1. The first kappa shape index (κ1) is 10.3. The van der Waals surface area contributed by atoms with E-state index in [0.29, 0.717) is 6.04 Å². The van der Waals surface area contributed by atoms with E-state index in [1.165, 1.54) is 31.2 Å². The maximum Gasteiger partial charge on any atom is 0.0295 e. The van der Waals surface area contributed by atoms with Crippen LogP contribution in [-0.2, 0) is 0 Å². The van der Waals surface area contributed by atoms with Crippen LogP contribution in [0.5, 0.6) is 0 Å². The maximum atomic E-state index is 4.07. The summed E-state index contributed by atoms with van der Waals surface area (Å²) in [6, 6.07) is 5.46. The second kappa shape index (κ2) is 4.17. The average Bonchev–Trinajstić information content (AvgIpc) is 2.92. The summed E-state index contributed by atoms with van der Waals surface area (Å²) >= 11 is 0. The molecule has 0 aromatic carbocycles.